The number of carbonyl (C=O) groups excluding carboxylic acids is 1. The van der Waals surface area contributed by atoms with Crippen LogP contribution in [0.1, 0.15) is 29.2 Å². The number of aryl methyl sites for hydroxylation is 2. The van der Waals surface area contributed by atoms with Crippen LogP contribution in [0.3, 0.4) is 0 Å². The van der Waals surface area contributed by atoms with Crippen LogP contribution < -0.4 is 5.43 Å². The number of hydrazone groups is 1. The molecule has 2 aromatic rings. The van der Waals surface area contributed by atoms with E-state index in [1.54, 1.807) is 6.92 Å². The fourth-order valence-corrected chi connectivity index (χ4v) is 2.73. The maximum absolute atomic E-state index is 13.7. The van der Waals surface area contributed by atoms with Crippen molar-refractivity contribution in [2.24, 2.45) is 18.1 Å². The van der Waals surface area contributed by atoms with E-state index in [0.717, 1.165) is 16.7 Å². The Hall–Kier alpha value is -2.21. The first-order chi connectivity index (χ1) is 11.0. The molecule has 3 rings (SSSR count). The van der Waals surface area contributed by atoms with E-state index in [9.17, 15) is 9.18 Å². The molecule has 0 aliphatic heterocycles. The molecular weight excluding hydrogens is 319 g/mol. The molecule has 1 saturated carbocycles. The van der Waals surface area contributed by atoms with Crippen LogP contribution >= 0.6 is 11.6 Å². The first-order valence-corrected chi connectivity index (χ1v) is 7.62. The molecule has 0 radical (unpaired) electrons. The molecule has 1 amide bonds. The molecule has 0 bridgehead atoms. The highest BCUT2D eigenvalue weighted by molar-refractivity contribution is 6.30. The fraction of sp³-hybridized carbons (Fsp3) is 0.312. The summed E-state index contributed by atoms with van der Waals surface area (Å²) >= 11 is 5.85. The summed E-state index contributed by atoms with van der Waals surface area (Å²) in [7, 11) is 1.51. The van der Waals surface area contributed by atoms with Gasteiger partial charge in [-0.2, -0.15) is 14.6 Å². The number of carbonyl (C=O) groups is 1. The van der Waals surface area contributed by atoms with Crippen molar-refractivity contribution in [1.29, 1.82) is 0 Å². The summed E-state index contributed by atoms with van der Waals surface area (Å²) in [6, 6.07) is 7.49. The minimum Gasteiger partial charge on any atom is -0.273 e. The van der Waals surface area contributed by atoms with Crippen molar-refractivity contribution >= 4 is 23.7 Å². The normalized spacial score (nSPS) is 20.0. The third-order valence-corrected chi connectivity index (χ3v) is 4.24. The number of aromatic nitrogens is 2. The van der Waals surface area contributed by atoms with E-state index in [0.29, 0.717) is 10.7 Å². The van der Waals surface area contributed by atoms with Gasteiger partial charge in [-0.05, 0) is 37.0 Å². The molecule has 1 N–H and O–H groups in total. The van der Waals surface area contributed by atoms with Crippen molar-refractivity contribution in [1.82, 2.24) is 15.2 Å². The molecule has 1 fully saturated rings. The van der Waals surface area contributed by atoms with Crippen LogP contribution in [0.5, 0.6) is 0 Å². The van der Waals surface area contributed by atoms with Crippen LogP contribution in [-0.2, 0) is 11.8 Å². The second-order valence-electron chi connectivity index (χ2n) is 5.65. The molecule has 120 valence electrons. The molecule has 7 heteroatoms. The Bertz CT molecular complexity index is 769. The second kappa shape index (κ2) is 6.12. The van der Waals surface area contributed by atoms with Crippen LogP contribution in [0.15, 0.2) is 29.4 Å². The largest absolute Gasteiger partial charge is 0.273 e. The van der Waals surface area contributed by atoms with Crippen molar-refractivity contribution < 1.29 is 9.18 Å². The standard InChI is InChI=1S/C16H16ClFN4O/c1-9-14(15(18)22(2)21-9)8-19-20-16(23)13-7-12(13)10-3-5-11(17)6-4-10/h3-6,8,12-13H,7H2,1-2H3,(H,20,23)/b19-8-/t12-,13+/m0/s1. The van der Waals surface area contributed by atoms with Gasteiger partial charge < -0.3 is 0 Å². The summed E-state index contributed by atoms with van der Waals surface area (Å²) in [6.07, 6.45) is 2.07. The van der Waals surface area contributed by atoms with E-state index < -0.39 is 5.95 Å². The van der Waals surface area contributed by atoms with Gasteiger partial charge in [-0.3, -0.25) is 4.79 Å². The van der Waals surface area contributed by atoms with Gasteiger partial charge in [-0.25, -0.2) is 10.1 Å². The number of hydrogen-bond donors (Lipinski definition) is 1. The fourth-order valence-electron chi connectivity index (χ4n) is 2.60. The summed E-state index contributed by atoms with van der Waals surface area (Å²) in [4.78, 5) is 12.1. The molecule has 5 nitrogen and oxygen atoms in total. The average Bonchev–Trinajstić information content (AvgIpc) is 3.27. The Balaban J connectivity index is 1.58. The number of nitrogens with one attached hydrogen (secondary N) is 1. The van der Waals surface area contributed by atoms with E-state index >= 15 is 0 Å². The highest BCUT2D eigenvalue weighted by Gasteiger charge is 2.43. The summed E-state index contributed by atoms with van der Waals surface area (Å²) in [5, 5.41) is 8.46. The zero-order valence-corrected chi connectivity index (χ0v) is 13.5. The third-order valence-electron chi connectivity index (χ3n) is 3.99. The van der Waals surface area contributed by atoms with E-state index in [1.165, 1.54) is 13.3 Å². The van der Waals surface area contributed by atoms with Crippen LogP contribution in [0.2, 0.25) is 5.02 Å². The van der Waals surface area contributed by atoms with Crippen molar-refractivity contribution in [3.63, 3.8) is 0 Å². The molecule has 0 saturated heterocycles. The van der Waals surface area contributed by atoms with E-state index in [1.807, 2.05) is 24.3 Å². The number of benzene rings is 1. The molecule has 1 aliphatic carbocycles. The van der Waals surface area contributed by atoms with E-state index in [4.69, 9.17) is 11.6 Å². The third kappa shape index (κ3) is 3.27. The minimum atomic E-state index is -0.481. The molecule has 0 unspecified atom stereocenters. The zero-order chi connectivity index (χ0) is 16.6. The van der Waals surface area contributed by atoms with Crippen molar-refractivity contribution in [3.8, 4) is 0 Å². The molecule has 23 heavy (non-hydrogen) atoms. The van der Waals surface area contributed by atoms with Crippen LogP contribution in [0.4, 0.5) is 4.39 Å². The lowest BCUT2D eigenvalue weighted by Crippen LogP contribution is -2.20. The predicted octanol–water partition coefficient (Wildman–Crippen LogP) is 2.77. The molecular formula is C16H16ClFN4O. The average molecular weight is 335 g/mol. The van der Waals surface area contributed by atoms with Crippen LogP contribution in [0.25, 0.3) is 0 Å². The van der Waals surface area contributed by atoms with Gasteiger partial charge in [-0.1, -0.05) is 23.7 Å². The van der Waals surface area contributed by atoms with Gasteiger partial charge in [0.2, 0.25) is 11.9 Å². The van der Waals surface area contributed by atoms with Gasteiger partial charge in [0.05, 0.1) is 17.5 Å². The summed E-state index contributed by atoms with van der Waals surface area (Å²) in [6.45, 7) is 1.68. The van der Waals surface area contributed by atoms with Crippen molar-refractivity contribution in [2.45, 2.75) is 19.3 Å². The molecule has 1 aliphatic rings. The summed E-state index contributed by atoms with van der Waals surface area (Å²) in [5.41, 5.74) is 4.36. The lowest BCUT2D eigenvalue weighted by atomic mass is 10.1. The van der Waals surface area contributed by atoms with Crippen LogP contribution in [-0.4, -0.2) is 21.9 Å². The Labute approximate surface area is 138 Å². The van der Waals surface area contributed by atoms with Gasteiger partial charge in [0.25, 0.3) is 0 Å². The quantitative estimate of drug-likeness (QED) is 0.690. The van der Waals surface area contributed by atoms with Gasteiger partial charge in [0, 0.05) is 18.0 Å². The smallest absolute Gasteiger partial charge is 0.243 e. The Kier molecular flexibility index (Phi) is 4.17. The van der Waals surface area contributed by atoms with Crippen molar-refractivity contribution in [3.05, 3.63) is 52.1 Å². The first kappa shape index (κ1) is 15.7. The molecule has 1 heterocycles. The molecule has 2 atom stereocenters. The summed E-state index contributed by atoms with van der Waals surface area (Å²) < 4.78 is 14.9. The Morgan fingerprint density at radius 2 is 2.17 bits per heavy atom. The maximum Gasteiger partial charge on any atom is 0.243 e. The topological polar surface area (TPSA) is 59.3 Å². The molecule has 0 spiro atoms. The number of halogens is 2. The molecule has 1 aromatic heterocycles. The van der Waals surface area contributed by atoms with Gasteiger partial charge in [0.1, 0.15) is 0 Å². The number of hydrogen-bond acceptors (Lipinski definition) is 3. The van der Waals surface area contributed by atoms with Gasteiger partial charge >= 0.3 is 0 Å². The van der Waals surface area contributed by atoms with E-state index in [-0.39, 0.29) is 23.3 Å². The Morgan fingerprint density at radius 1 is 1.48 bits per heavy atom. The first-order valence-electron chi connectivity index (χ1n) is 7.25. The number of amides is 1. The lowest BCUT2D eigenvalue weighted by Gasteiger charge is -2.00. The zero-order valence-electron chi connectivity index (χ0n) is 12.8. The van der Waals surface area contributed by atoms with Crippen molar-refractivity contribution in [2.75, 3.05) is 0 Å². The lowest BCUT2D eigenvalue weighted by molar-refractivity contribution is -0.122. The molecule has 1 aromatic carbocycles. The Morgan fingerprint density at radius 3 is 2.78 bits per heavy atom. The SMILES string of the molecule is Cc1nn(C)c(F)c1/C=N\NC(=O)[C@@H]1C[C@H]1c1ccc(Cl)cc1. The predicted molar refractivity (Wildman–Crippen MR) is 85.9 cm³/mol. The highest BCUT2D eigenvalue weighted by Crippen LogP contribution is 2.47. The number of nitrogens with zero attached hydrogens (tertiary/aromatic N) is 3. The minimum absolute atomic E-state index is 0.104. The monoisotopic (exact) mass is 334 g/mol. The summed E-state index contributed by atoms with van der Waals surface area (Å²) in [5.74, 6) is -0.554. The van der Waals surface area contributed by atoms with Crippen LogP contribution in [0, 0.1) is 18.8 Å². The van der Waals surface area contributed by atoms with Gasteiger partial charge in [-0.15, -0.1) is 0 Å². The van der Waals surface area contributed by atoms with E-state index in [2.05, 4.69) is 15.6 Å². The highest BCUT2D eigenvalue weighted by atomic mass is 35.5. The maximum atomic E-state index is 13.7. The van der Waals surface area contributed by atoms with Gasteiger partial charge in [0.15, 0.2) is 0 Å². The number of rotatable bonds is 4. The second-order valence-corrected chi connectivity index (χ2v) is 6.08.